The smallest absolute Gasteiger partial charge is 0.240 e. The van der Waals surface area contributed by atoms with Gasteiger partial charge in [-0.2, -0.15) is 5.10 Å². The van der Waals surface area contributed by atoms with Crippen molar-refractivity contribution in [2.24, 2.45) is 0 Å². The number of nitrogens with zero attached hydrogens (tertiary/aromatic N) is 4. The van der Waals surface area contributed by atoms with Crippen LogP contribution in [0.15, 0.2) is 84.7 Å². The number of hydrogen-bond donors (Lipinski definition) is 0. The first-order chi connectivity index (χ1) is 13.9. The van der Waals surface area contributed by atoms with E-state index in [-0.39, 0.29) is 6.79 Å². The highest BCUT2D eigenvalue weighted by atomic mass is 32.1. The molecule has 0 saturated heterocycles. The third-order valence-electron chi connectivity index (χ3n) is 4.48. The minimum absolute atomic E-state index is 0.206. The van der Waals surface area contributed by atoms with E-state index in [0.717, 1.165) is 21.1 Å². The van der Waals surface area contributed by atoms with Gasteiger partial charge in [-0.15, -0.1) is 0 Å². The van der Waals surface area contributed by atoms with E-state index in [1.807, 2.05) is 58.2 Å². The van der Waals surface area contributed by atoms with Gasteiger partial charge in [0.15, 0.2) is 10.9 Å². The molecule has 2 aromatic heterocycles. The normalized spacial score (nSPS) is 13.6. The zero-order chi connectivity index (χ0) is 18.8. The van der Waals surface area contributed by atoms with Crippen LogP contribution in [0.25, 0.3) is 10.2 Å². The number of anilines is 1. The number of rotatable bonds is 6. The van der Waals surface area contributed by atoms with Gasteiger partial charge in [0, 0.05) is 18.8 Å². The summed E-state index contributed by atoms with van der Waals surface area (Å²) < 4.78 is 14.7. The average Bonchev–Trinajstić information content (AvgIpc) is 3.47. The van der Waals surface area contributed by atoms with Crippen molar-refractivity contribution in [2.45, 2.75) is 13.1 Å². The van der Waals surface area contributed by atoms with Gasteiger partial charge in [-0.3, -0.25) is 9.58 Å². The van der Waals surface area contributed by atoms with Crippen molar-refractivity contribution in [3.05, 3.63) is 90.3 Å². The van der Waals surface area contributed by atoms with Crippen LogP contribution in [-0.2, 0) is 22.6 Å². The summed E-state index contributed by atoms with van der Waals surface area (Å²) in [6, 6.07) is 20.3. The first kappa shape index (κ1) is 16.8. The highest BCUT2D eigenvalue weighted by Gasteiger charge is 2.27. The van der Waals surface area contributed by atoms with Crippen molar-refractivity contribution in [3.63, 3.8) is 0 Å². The number of allylic oxidation sites excluding steroid dienone is 1. The summed E-state index contributed by atoms with van der Waals surface area (Å²) in [5, 5.41) is 5.20. The predicted octanol–water partition coefficient (Wildman–Crippen LogP) is 4.37. The molecular weight excluding hydrogens is 372 g/mol. The minimum Gasteiger partial charge on any atom is -0.456 e. The zero-order valence-electron chi connectivity index (χ0n) is 15.1. The second-order valence-corrected chi connectivity index (χ2v) is 7.39. The lowest BCUT2D eigenvalue weighted by Gasteiger charge is -2.21. The zero-order valence-corrected chi connectivity index (χ0v) is 15.9. The van der Waals surface area contributed by atoms with Gasteiger partial charge >= 0.3 is 0 Å². The molecule has 1 aliphatic heterocycles. The van der Waals surface area contributed by atoms with E-state index in [0.29, 0.717) is 19.0 Å². The number of hydrogen-bond acceptors (Lipinski definition) is 6. The third-order valence-corrected chi connectivity index (χ3v) is 5.54. The molecule has 0 aliphatic carbocycles. The molecule has 0 radical (unpaired) electrons. The van der Waals surface area contributed by atoms with E-state index in [2.05, 4.69) is 23.3 Å². The molecule has 7 heteroatoms. The molecule has 0 atom stereocenters. The van der Waals surface area contributed by atoms with Crippen molar-refractivity contribution in [3.8, 4) is 0 Å². The van der Waals surface area contributed by atoms with E-state index < -0.39 is 0 Å². The van der Waals surface area contributed by atoms with Crippen LogP contribution < -0.4 is 4.90 Å². The molecule has 5 rings (SSSR count). The molecule has 0 unspecified atom stereocenters. The van der Waals surface area contributed by atoms with E-state index in [9.17, 15) is 0 Å². The molecule has 0 spiro atoms. The Morgan fingerprint density at radius 2 is 1.86 bits per heavy atom. The lowest BCUT2D eigenvalue weighted by Crippen LogP contribution is -2.27. The summed E-state index contributed by atoms with van der Waals surface area (Å²) in [4.78, 5) is 6.84. The fraction of sp³-hybridized carbons (Fsp3) is 0.143. The standard InChI is InChI=1S/C21H18N4O2S/c1-2-7-16(8-3-1)13-18-20(27-15-26-18)25(14-24-12-6-11-22-24)21-23-17-9-4-5-10-19(17)28-21/h1-12H,13-15H2. The summed E-state index contributed by atoms with van der Waals surface area (Å²) in [5.74, 6) is 1.50. The van der Waals surface area contributed by atoms with Crippen LogP contribution in [0.1, 0.15) is 5.56 Å². The minimum atomic E-state index is 0.206. The topological polar surface area (TPSA) is 52.4 Å². The van der Waals surface area contributed by atoms with Crippen LogP contribution in [0, 0.1) is 0 Å². The van der Waals surface area contributed by atoms with Crippen molar-refractivity contribution >= 4 is 26.7 Å². The lowest BCUT2D eigenvalue weighted by atomic mass is 10.1. The summed E-state index contributed by atoms with van der Waals surface area (Å²) in [5.41, 5.74) is 2.14. The van der Waals surface area contributed by atoms with Gasteiger partial charge in [0.2, 0.25) is 12.7 Å². The molecule has 1 aliphatic rings. The Morgan fingerprint density at radius 3 is 2.68 bits per heavy atom. The summed E-state index contributed by atoms with van der Waals surface area (Å²) in [7, 11) is 0. The van der Waals surface area contributed by atoms with Crippen LogP contribution in [0.3, 0.4) is 0 Å². The predicted molar refractivity (Wildman–Crippen MR) is 109 cm³/mol. The molecule has 4 aromatic rings. The highest BCUT2D eigenvalue weighted by Crippen LogP contribution is 2.34. The van der Waals surface area contributed by atoms with Gasteiger partial charge in [0.05, 0.1) is 10.2 Å². The molecule has 0 bridgehead atoms. The fourth-order valence-electron chi connectivity index (χ4n) is 3.15. The number of para-hydroxylation sites is 1. The Kier molecular flexibility index (Phi) is 4.42. The van der Waals surface area contributed by atoms with Crippen molar-refractivity contribution in [2.75, 3.05) is 11.7 Å². The van der Waals surface area contributed by atoms with Gasteiger partial charge in [-0.25, -0.2) is 4.98 Å². The van der Waals surface area contributed by atoms with Crippen molar-refractivity contribution < 1.29 is 9.47 Å². The third kappa shape index (κ3) is 3.32. The summed E-state index contributed by atoms with van der Waals surface area (Å²) in [6.45, 7) is 0.696. The summed E-state index contributed by atoms with van der Waals surface area (Å²) in [6.07, 6.45) is 4.35. The molecule has 2 aromatic carbocycles. The first-order valence-corrected chi connectivity index (χ1v) is 9.82. The maximum absolute atomic E-state index is 5.91. The molecule has 3 heterocycles. The Morgan fingerprint density at radius 1 is 1.00 bits per heavy atom. The Balaban J connectivity index is 1.55. The van der Waals surface area contributed by atoms with Crippen molar-refractivity contribution in [1.82, 2.24) is 14.8 Å². The van der Waals surface area contributed by atoms with Gasteiger partial charge < -0.3 is 9.47 Å². The van der Waals surface area contributed by atoms with E-state index in [4.69, 9.17) is 14.5 Å². The lowest BCUT2D eigenvalue weighted by molar-refractivity contribution is 0.0675. The molecular formula is C21H18N4O2S. The SMILES string of the molecule is c1ccc(CC2=C(N(Cn3cccn3)c3nc4ccccc4s3)OCO2)cc1. The van der Waals surface area contributed by atoms with E-state index in [1.54, 1.807) is 17.5 Å². The van der Waals surface area contributed by atoms with Gasteiger partial charge in [0.1, 0.15) is 6.67 Å². The summed E-state index contributed by atoms with van der Waals surface area (Å²) >= 11 is 1.63. The largest absolute Gasteiger partial charge is 0.456 e. The van der Waals surface area contributed by atoms with E-state index >= 15 is 0 Å². The number of benzene rings is 2. The van der Waals surface area contributed by atoms with Crippen molar-refractivity contribution in [1.29, 1.82) is 0 Å². The van der Waals surface area contributed by atoms with Crippen LogP contribution in [0.5, 0.6) is 0 Å². The number of ether oxygens (including phenoxy) is 2. The first-order valence-electron chi connectivity index (χ1n) is 9.00. The molecule has 0 saturated carbocycles. The molecule has 140 valence electrons. The van der Waals surface area contributed by atoms with Gasteiger partial charge in [-0.1, -0.05) is 53.8 Å². The fourth-order valence-corrected chi connectivity index (χ4v) is 4.11. The number of fused-ring (bicyclic) bond motifs is 1. The highest BCUT2D eigenvalue weighted by molar-refractivity contribution is 7.22. The number of aromatic nitrogens is 3. The molecule has 0 amide bonds. The van der Waals surface area contributed by atoms with Gasteiger partial charge in [-0.05, 0) is 23.8 Å². The molecule has 0 fully saturated rings. The monoisotopic (exact) mass is 390 g/mol. The Bertz CT molecular complexity index is 1070. The van der Waals surface area contributed by atoms with Crippen LogP contribution >= 0.6 is 11.3 Å². The maximum atomic E-state index is 5.91. The Labute approximate surface area is 166 Å². The maximum Gasteiger partial charge on any atom is 0.240 e. The second-order valence-electron chi connectivity index (χ2n) is 6.38. The molecule has 28 heavy (non-hydrogen) atoms. The number of thiazole rings is 1. The average molecular weight is 390 g/mol. The molecule has 0 N–H and O–H groups in total. The van der Waals surface area contributed by atoms with Gasteiger partial charge in [0.25, 0.3) is 0 Å². The molecule has 6 nitrogen and oxygen atoms in total. The van der Waals surface area contributed by atoms with Crippen LogP contribution in [-0.4, -0.2) is 21.6 Å². The van der Waals surface area contributed by atoms with Crippen LogP contribution in [0.2, 0.25) is 0 Å². The van der Waals surface area contributed by atoms with Crippen LogP contribution in [0.4, 0.5) is 5.13 Å². The Hall–Kier alpha value is -3.32. The second kappa shape index (κ2) is 7.36. The quantitative estimate of drug-likeness (QED) is 0.489. The van der Waals surface area contributed by atoms with E-state index in [1.165, 1.54) is 5.56 Å².